The Labute approximate surface area is 114 Å². The van der Waals surface area contributed by atoms with Crippen LogP contribution in [0.3, 0.4) is 0 Å². The zero-order valence-electron chi connectivity index (χ0n) is 12.2. The van der Waals surface area contributed by atoms with Crippen LogP contribution in [0.1, 0.15) is 37.9 Å². The third-order valence-corrected chi connectivity index (χ3v) is 3.15. The molecule has 2 rings (SSSR count). The Bertz CT molecular complexity index is 498. The van der Waals surface area contributed by atoms with Gasteiger partial charge >= 0.3 is 0 Å². The molecule has 0 aromatic carbocycles. The van der Waals surface area contributed by atoms with E-state index < -0.39 is 0 Å². The topological polar surface area (TPSA) is 47.7 Å². The lowest BCUT2D eigenvalue weighted by molar-refractivity contribution is 0.450. The van der Waals surface area contributed by atoms with Gasteiger partial charge in [0.25, 0.3) is 0 Å². The van der Waals surface area contributed by atoms with Crippen LogP contribution >= 0.6 is 0 Å². The van der Waals surface area contributed by atoms with E-state index >= 15 is 0 Å². The number of hydrogen-bond acceptors (Lipinski definition) is 3. The summed E-state index contributed by atoms with van der Waals surface area (Å²) in [4.78, 5) is 0. The second-order valence-corrected chi connectivity index (χ2v) is 5.38. The highest BCUT2D eigenvalue weighted by Crippen LogP contribution is 2.17. The van der Waals surface area contributed by atoms with Crippen molar-refractivity contribution >= 4 is 0 Å². The van der Waals surface area contributed by atoms with Crippen LogP contribution in [0.2, 0.25) is 0 Å². The lowest BCUT2D eigenvalue weighted by Gasteiger charge is -2.14. The lowest BCUT2D eigenvalue weighted by atomic mass is 10.1. The molecule has 0 fully saturated rings. The predicted molar refractivity (Wildman–Crippen MR) is 75.8 cm³/mol. The van der Waals surface area contributed by atoms with Gasteiger partial charge in [0.15, 0.2) is 0 Å². The molecule has 0 radical (unpaired) electrons. The summed E-state index contributed by atoms with van der Waals surface area (Å²) in [6.07, 6.45) is 5.90. The van der Waals surface area contributed by atoms with Crippen molar-refractivity contribution in [1.82, 2.24) is 24.9 Å². The van der Waals surface area contributed by atoms with Crippen LogP contribution in [0.25, 0.3) is 0 Å². The first-order chi connectivity index (χ1) is 9.06. The second-order valence-electron chi connectivity index (χ2n) is 5.38. The Morgan fingerprint density at radius 3 is 2.74 bits per heavy atom. The first-order valence-corrected chi connectivity index (χ1v) is 6.79. The van der Waals surface area contributed by atoms with Crippen LogP contribution in [0, 0.1) is 0 Å². The van der Waals surface area contributed by atoms with E-state index in [1.807, 2.05) is 34.9 Å². The number of aryl methyl sites for hydroxylation is 1. The lowest BCUT2D eigenvalue weighted by Crippen LogP contribution is -2.30. The van der Waals surface area contributed by atoms with E-state index in [0.717, 1.165) is 13.1 Å². The van der Waals surface area contributed by atoms with Gasteiger partial charge in [0.2, 0.25) is 0 Å². The number of rotatable bonds is 6. The van der Waals surface area contributed by atoms with Crippen LogP contribution in [-0.4, -0.2) is 25.6 Å². The van der Waals surface area contributed by atoms with Gasteiger partial charge < -0.3 is 5.32 Å². The van der Waals surface area contributed by atoms with Crippen molar-refractivity contribution in [2.24, 2.45) is 7.05 Å². The average molecular weight is 261 g/mol. The van der Waals surface area contributed by atoms with E-state index in [9.17, 15) is 0 Å². The standard InChI is InChI=1S/C14H23N5/c1-11(2)14-13(10-18(4)17-14)8-15-12(3)9-19-7-5-6-16-19/h5-7,10-12,15H,8-9H2,1-4H3. The molecule has 104 valence electrons. The highest BCUT2D eigenvalue weighted by molar-refractivity contribution is 5.20. The molecular weight excluding hydrogens is 238 g/mol. The van der Waals surface area contributed by atoms with Crippen molar-refractivity contribution < 1.29 is 0 Å². The first kappa shape index (κ1) is 13.8. The normalized spacial score (nSPS) is 13.1. The van der Waals surface area contributed by atoms with Gasteiger partial charge in [-0.3, -0.25) is 9.36 Å². The zero-order valence-corrected chi connectivity index (χ0v) is 12.2. The van der Waals surface area contributed by atoms with E-state index in [2.05, 4.69) is 42.5 Å². The summed E-state index contributed by atoms with van der Waals surface area (Å²) in [6.45, 7) is 8.26. The molecule has 0 aliphatic carbocycles. The molecule has 5 nitrogen and oxygen atoms in total. The highest BCUT2D eigenvalue weighted by Gasteiger charge is 2.12. The maximum Gasteiger partial charge on any atom is 0.0694 e. The quantitative estimate of drug-likeness (QED) is 0.864. The van der Waals surface area contributed by atoms with Crippen molar-refractivity contribution in [3.63, 3.8) is 0 Å². The minimum atomic E-state index is 0.375. The van der Waals surface area contributed by atoms with Crippen molar-refractivity contribution in [3.05, 3.63) is 35.9 Å². The maximum atomic E-state index is 4.52. The number of nitrogens with zero attached hydrogens (tertiary/aromatic N) is 4. The molecular formula is C14H23N5. The Kier molecular flexibility index (Phi) is 4.37. The Hall–Kier alpha value is -1.62. The second kappa shape index (κ2) is 6.02. The summed E-state index contributed by atoms with van der Waals surface area (Å²) >= 11 is 0. The maximum absolute atomic E-state index is 4.52. The Balaban J connectivity index is 1.91. The van der Waals surface area contributed by atoms with E-state index in [1.165, 1.54) is 11.3 Å². The van der Waals surface area contributed by atoms with E-state index in [0.29, 0.717) is 12.0 Å². The minimum absolute atomic E-state index is 0.375. The summed E-state index contributed by atoms with van der Waals surface area (Å²) in [5.74, 6) is 0.458. The molecule has 0 saturated carbocycles. The minimum Gasteiger partial charge on any atom is -0.308 e. The summed E-state index contributed by atoms with van der Waals surface area (Å²) < 4.78 is 3.84. The summed E-state index contributed by atoms with van der Waals surface area (Å²) in [7, 11) is 1.97. The van der Waals surface area contributed by atoms with Gasteiger partial charge in [-0.05, 0) is 18.9 Å². The van der Waals surface area contributed by atoms with Gasteiger partial charge in [-0.2, -0.15) is 10.2 Å². The van der Waals surface area contributed by atoms with Gasteiger partial charge in [0.1, 0.15) is 0 Å². The molecule has 1 atom stereocenters. The van der Waals surface area contributed by atoms with E-state index in [1.54, 1.807) is 0 Å². The molecule has 1 N–H and O–H groups in total. The zero-order chi connectivity index (χ0) is 13.8. The van der Waals surface area contributed by atoms with Gasteiger partial charge in [-0.1, -0.05) is 13.8 Å². The van der Waals surface area contributed by atoms with Crippen LogP contribution in [-0.2, 0) is 20.1 Å². The summed E-state index contributed by atoms with van der Waals surface area (Å²) in [6, 6.07) is 2.32. The fraction of sp³-hybridized carbons (Fsp3) is 0.571. The SMILES string of the molecule is CC(Cn1cccn1)NCc1cn(C)nc1C(C)C. The van der Waals surface area contributed by atoms with Gasteiger partial charge in [0, 0.05) is 43.8 Å². The third kappa shape index (κ3) is 3.67. The smallest absolute Gasteiger partial charge is 0.0694 e. The van der Waals surface area contributed by atoms with Crippen molar-refractivity contribution in [3.8, 4) is 0 Å². The first-order valence-electron chi connectivity index (χ1n) is 6.79. The third-order valence-electron chi connectivity index (χ3n) is 3.15. The molecule has 0 bridgehead atoms. The van der Waals surface area contributed by atoms with E-state index in [-0.39, 0.29) is 0 Å². The summed E-state index contributed by atoms with van der Waals surface area (Å²) in [5.41, 5.74) is 2.46. The van der Waals surface area contributed by atoms with Crippen molar-refractivity contribution in [2.75, 3.05) is 0 Å². The van der Waals surface area contributed by atoms with Gasteiger partial charge in [0.05, 0.1) is 12.2 Å². The highest BCUT2D eigenvalue weighted by atomic mass is 15.3. The molecule has 2 heterocycles. The number of aromatic nitrogens is 4. The Morgan fingerprint density at radius 1 is 1.32 bits per heavy atom. The molecule has 5 heteroatoms. The van der Waals surface area contributed by atoms with Gasteiger partial charge in [-0.25, -0.2) is 0 Å². The van der Waals surface area contributed by atoms with Crippen molar-refractivity contribution in [1.29, 1.82) is 0 Å². The monoisotopic (exact) mass is 261 g/mol. The van der Waals surface area contributed by atoms with Crippen LogP contribution in [0.4, 0.5) is 0 Å². The van der Waals surface area contributed by atoms with Gasteiger partial charge in [-0.15, -0.1) is 0 Å². The van der Waals surface area contributed by atoms with Crippen LogP contribution < -0.4 is 5.32 Å². The molecule has 2 aromatic heterocycles. The Morgan fingerprint density at radius 2 is 2.11 bits per heavy atom. The predicted octanol–water partition coefficient (Wildman–Crippen LogP) is 1.92. The van der Waals surface area contributed by atoms with E-state index in [4.69, 9.17) is 0 Å². The molecule has 2 aromatic rings. The molecule has 0 aliphatic rings. The fourth-order valence-corrected chi connectivity index (χ4v) is 2.21. The summed E-state index contributed by atoms with van der Waals surface area (Å²) in [5, 5.41) is 12.3. The molecule has 0 aliphatic heterocycles. The average Bonchev–Trinajstić information content (AvgIpc) is 2.96. The van der Waals surface area contributed by atoms with Crippen molar-refractivity contribution in [2.45, 2.75) is 45.8 Å². The van der Waals surface area contributed by atoms with Crippen LogP contribution in [0.15, 0.2) is 24.7 Å². The molecule has 0 saturated heterocycles. The number of nitrogens with one attached hydrogen (secondary N) is 1. The number of hydrogen-bond donors (Lipinski definition) is 1. The van der Waals surface area contributed by atoms with Crippen LogP contribution in [0.5, 0.6) is 0 Å². The molecule has 0 spiro atoms. The molecule has 0 amide bonds. The largest absolute Gasteiger partial charge is 0.308 e. The fourth-order valence-electron chi connectivity index (χ4n) is 2.21. The molecule has 19 heavy (non-hydrogen) atoms. The molecule has 1 unspecified atom stereocenters.